The molecule has 30 heavy (non-hydrogen) atoms. The van der Waals surface area contributed by atoms with Crippen molar-refractivity contribution in [3.63, 3.8) is 0 Å². The summed E-state index contributed by atoms with van der Waals surface area (Å²) in [6, 6.07) is 11.6. The molecule has 1 N–H and O–H groups in total. The van der Waals surface area contributed by atoms with Gasteiger partial charge < -0.3 is 10.1 Å². The number of amides is 1. The quantitative estimate of drug-likeness (QED) is 0.569. The smallest absolute Gasteiger partial charge is 0.262 e. The molecule has 3 aromatic rings. The van der Waals surface area contributed by atoms with E-state index in [4.69, 9.17) is 4.74 Å². The van der Waals surface area contributed by atoms with Crippen molar-refractivity contribution in [3.05, 3.63) is 53.3 Å². The number of fused-ring (bicyclic) bond motifs is 1. The summed E-state index contributed by atoms with van der Waals surface area (Å²) in [5, 5.41) is 3.39. The second-order valence-corrected chi connectivity index (χ2v) is 9.67. The predicted molar refractivity (Wildman–Crippen MR) is 116 cm³/mol. The number of halogens is 1. The van der Waals surface area contributed by atoms with E-state index in [9.17, 15) is 13.2 Å². The molecule has 1 aliphatic rings. The van der Waals surface area contributed by atoms with Gasteiger partial charge in [0, 0.05) is 23.2 Å². The largest absolute Gasteiger partial charge is 0.467 e. The van der Waals surface area contributed by atoms with Crippen LogP contribution in [0.1, 0.15) is 12.8 Å². The maximum Gasteiger partial charge on any atom is 0.262 e. The average molecular weight is 491 g/mol. The second-order valence-electron chi connectivity index (χ2n) is 6.81. The molecule has 1 aliphatic heterocycles. The topological polar surface area (TPSA) is 101 Å². The molecule has 10 heteroatoms. The number of ether oxygens (including phenoxy) is 1. The molecule has 0 unspecified atom stereocenters. The molecule has 0 atom stereocenters. The minimum absolute atomic E-state index is 0.219. The second kappa shape index (κ2) is 8.66. The van der Waals surface area contributed by atoms with Gasteiger partial charge in [-0.15, -0.1) is 0 Å². The Bertz CT molecular complexity index is 1180. The molecule has 8 nitrogen and oxygen atoms in total. The van der Waals surface area contributed by atoms with Crippen LogP contribution in [-0.4, -0.2) is 48.3 Å². The molecule has 0 aliphatic carbocycles. The van der Waals surface area contributed by atoms with E-state index < -0.39 is 10.0 Å². The molecule has 0 spiro atoms. The van der Waals surface area contributed by atoms with Gasteiger partial charge in [-0.2, -0.15) is 4.31 Å². The maximum atomic E-state index is 12.6. The monoisotopic (exact) mass is 490 g/mol. The van der Waals surface area contributed by atoms with Gasteiger partial charge in [0.05, 0.1) is 15.8 Å². The van der Waals surface area contributed by atoms with Crippen molar-refractivity contribution >= 4 is 48.5 Å². The number of hydrogen-bond donors (Lipinski definition) is 1. The predicted octanol–water partition coefficient (Wildman–Crippen LogP) is 3.19. The summed E-state index contributed by atoms with van der Waals surface area (Å²) in [5.74, 6) is -0.0737. The average Bonchev–Trinajstić information content (AvgIpc) is 3.28. The van der Waals surface area contributed by atoms with Gasteiger partial charge in [0.2, 0.25) is 15.9 Å². The fraction of sp³-hybridized carbons (Fsp3) is 0.250. The van der Waals surface area contributed by atoms with Crippen LogP contribution in [0.4, 0.5) is 5.69 Å². The molecule has 0 bridgehead atoms. The first-order valence-electron chi connectivity index (χ1n) is 9.36. The number of carbonyl (C=O) groups excluding carboxylic acids is 1. The van der Waals surface area contributed by atoms with Crippen molar-refractivity contribution in [1.29, 1.82) is 0 Å². The normalized spacial score (nSPS) is 14.7. The Balaban J connectivity index is 1.39. The highest BCUT2D eigenvalue weighted by atomic mass is 79.9. The van der Waals surface area contributed by atoms with Gasteiger partial charge in [-0.25, -0.2) is 18.4 Å². The minimum atomic E-state index is -3.48. The fourth-order valence-electron chi connectivity index (χ4n) is 3.24. The summed E-state index contributed by atoms with van der Waals surface area (Å²) in [5.41, 5.74) is 1.19. The van der Waals surface area contributed by atoms with Gasteiger partial charge in [0.25, 0.3) is 5.91 Å². The summed E-state index contributed by atoms with van der Waals surface area (Å²) in [6.45, 7) is 0.853. The van der Waals surface area contributed by atoms with Crippen LogP contribution in [0, 0.1) is 0 Å². The molecule has 0 saturated carbocycles. The third-order valence-corrected chi connectivity index (χ3v) is 7.15. The van der Waals surface area contributed by atoms with Gasteiger partial charge >= 0.3 is 0 Å². The van der Waals surface area contributed by atoms with E-state index in [2.05, 4.69) is 31.2 Å². The van der Waals surface area contributed by atoms with E-state index >= 15 is 0 Å². The minimum Gasteiger partial charge on any atom is -0.467 e. The molecule has 1 aromatic heterocycles. The van der Waals surface area contributed by atoms with Crippen LogP contribution in [0.3, 0.4) is 0 Å². The molecule has 1 fully saturated rings. The third kappa shape index (κ3) is 4.45. The van der Waals surface area contributed by atoms with E-state index in [0.717, 1.165) is 17.3 Å². The van der Waals surface area contributed by atoms with Crippen LogP contribution in [0.15, 0.2) is 58.2 Å². The number of benzene rings is 2. The Kier molecular flexibility index (Phi) is 5.98. The Morgan fingerprint density at radius 1 is 1.10 bits per heavy atom. The Labute approximate surface area is 182 Å². The first-order valence-corrected chi connectivity index (χ1v) is 11.6. The number of nitrogens with zero attached hydrogens (tertiary/aromatic N) is 3. The van der Waals surface area contributed by atoms with Crippen LogP contribution < -0.4 is 10.1 Å². The summed E-state index contributed by atoms with van der Waals surface area (Å²) in [6.07, 6.45) is 3.14. The van der Waals surface area contributed by atoms with Crippen LogP contribution in [-0.2, 0) is 14.8 Å². The highest BCUT2D eigenvalue weighted by molar-refractivity contribution is 9.10. The van der Waals surface area contributed by atoms with Crippen molar-refractivity contribution in [1.82, 2.24) is 14.3 Å². The Morgan fingerprint density at radius 2 is 1.83 bits per heavy atom. The standard InChI is InChI=1S/C20H19BrN4O4S/c21-14-3-8-18-17(11-14)20(23-13-22-18)29-12-19(26)24-15-4-6-16(7-5-15)30(27,28)25-9-1-2-10-25/h3-8,11,13H,1-2,9-10,12H2,(H,24,26). The van der Waals surface area contributed by atoms with Crippen molar-refractivity contribution in [3.8, 4) is 5.88 Å². The molecule has 1 amide bonds. The lowest BCUT2D eigenvalue weighted by atomic mass is 10.2. The zero-order valence-corrected chi connectivity index (χ0v) is 18.3. The van der Waals surface area contributed by atoms with Crippen molar-refractivity contribution in [2.24, 2.45) is 0 Å². The van der Waals surface area contributed by atoms with Gasteiger partial charge in [-0.05, 0) is 55.3 Å². The fourth-order valence-corrected chi connectivity index (χ4v) is 5.12. The zero-order chi connectivity index (χ0) is 21.1. The number of carbonyl (C=O) groups is 1. The molecule has 2 heterocycles. The number of nitrogens with one attached hydrogen (secondary N) is 1. The summed E-state index contributed by atoms with van der Waals surface area (Å²) >= 11 is 3.40. The summed E-state index contributed by atoms with van der Waals surface area (Å²) in [4.78, 5) is 20.8. The Hall–Kier alpha value is -2.56. The van der Waals surface area contributed by atoms with Crippen LogP contribution in [0.25, 0.3) is 10.9 Å². The highest BCUT2D eigenvalue weighted by Crippen LogP contribution is 2.25. The lowest BCUT2D eigenvalue weighted by molar-refractivity contribution is -0.118. The summed E-state index contributed by atoms with van der Waals surface area (Å²) < 4.78 is 33.0. The van der Waals surface area contributed by atoms with Crippen LogP contribution >= 0.6 is 15.9 Å². The zero-order valence-electron chi connectivity index (χ0n) is 15.9. The highest BCUT2D eigenvalue weighted by Gasteiger charge is 2.26. The molecular formula is C20H19BrN4O4S. The summed E-state index contributed by atoms with van der Waals surface area (Å²) in [7, 11) is -3.48. The number of hydrogen-bond acceptors (Lipinski definition) is 6. The molecule has 4 rings (SSSR count). The van der Waals surface area contributed by atoms with Crippen LogP contribution in [0.2, 0.25) is 0 Å². The van der Waals surface area contributed by atoms with Crippen molar-refractivity contribution in [2.45, 2.75) is 17.7 Å². The molecular weight excluding hydrogens is 472 g/mol. The number of aromatic nitrogens is 2. The number of sulfonamides is 1. The van der Waals surface area contributed by atoms with E-state index in [-0.39, 0.29) is 17.4 Å². The Morgan fingerprint density at radius 3 is 2.57 bits per heavy atom. The van der Waals surface area contributed by atoms with Gasteiger partial charge in [-0.1, -0.05) is 15.9 Å². The molecule has 0 radical (unpaired) electrons. The van der Waals surface area contributed by atoms with Crippen LogP contribution in [0.5, 0.6) is 5.88 Å². The lowest BCUT2D eigenvalue weighted by Crippen LogP contribution is -2.27. The third-order valence-electron chi connectivity index (χ3n) is 4.74. The van der Waals surface area contributed by atoms with E-state index in [0.29, 0.717) is 35.6 Å². The molecule has 156 valence electrons. The lowest BCUT2D eigenvalue weighted by Gasteiger charge is -2.15. The van der Waals surface area contributed by atoms with Crippen molar-refractivity contribution < 1.29 is 17.9 Å². The van der Waals surface area contributed by atoms with Crippen molar-refractivity contribution in [2.75, 3.05) is 25.0 Å². The first-order chi connectivity index (χ1) is 14.4. The first kappa shape index (κ1) is 20.7. The van der Waals surface area contributed by atoms with Gasteiger partial charge in [0.15, 0.2) is 6.61 Å². The SMILES string of the molecule is O=C(COc1ncnc2ccc(Br)cc12)Nc1ccc(S(=O)(=O)N2CCCC2)cc1. The van der Waals surface area contributed by atoms with E-state index in [1.165, 1.54) is 22.8 Å². The van der Waals surface area contributed by atoms with Gasteiger partial charge in [-0.3, -0.25) is 4.79 Å². The molecule has 2 aromatic carbocycles. The molecule has 1 saturated heterocycles. The van der Waals surface area contributed by atoms with Gasteiger partial charge in [0.1, 0.15) is 6.33 Å². The number of anilines is 1. The van der Waals surface area contributed by atoms with E-state index in [1.54, 1.807) is 12.1 Å². The maximum absolute atomic E-state index is 12.6. The van der Waals surface area contributed by atoms with E-state index in [1.807, 2.05) is 18.2 Å². The number of rotatable bonds is 6.